The van der Waals surface area contributed by atoms with Crippen molar-refractivity contribution in [1.82, 2.24) is 14.8 Å². The first-order chi connectivity index (χ1) is 7.20. The topological polar surface area (TPSA) is 39.9 Å². The van der Waals surface area contributed by atoms with Gasteiger partial charge in [-0.1, -0.05) is 0 Å². The third-order valence-corrected chi connectivity index (χ3v) is 2.01. The van der Waals surface area contributed by atoms with Gasteiger partial charge in [0.25, 0.3) is 0 Å². The van der Waals surface area contributed by atoms with E-state index >= 15 is 0 Å². The Morgan fingerprint density at radius 2 is 2.20 bits per heavy atom. The highest BCUT2D eigenvalue weighted by Gasteiger charge is 2.10. The predicted octanol–water partition coefficient (Wildman–Crippen LogP) is 1.63. The Bertz CT molecular complexity index is 481. The molecule has 0 atom stereocenters. The lowest BCUT2D eigenvalue weighted by Gasteiger charge is -2.02. The quantitative estimate of drug-likeness (QED) is 0.751. The molecule has 0 saturated heterocycles. The Balaban J connectivity index is 2.51. The second kappa shape index (κ2) is 3.68. The number of aryl methyl sites for hydroxylation is 1. The van der Waals surface area contributed by atoms with Crippen molar-refractivity contribution in [2.45, 2.75) is 0 Å². The molecule has 2 rings (SSSR count). The molecular weight excluding hydrogens is 197 g/mol. The average Bonchev–Trinajstić information content (AvgIpc) is 2.65. The van der Waals surface area contributed by atoms with Crippen LogP contribution in [0.2, 0.25) is 0 Å². The summed E-state index contributed by atoms with van der Waals surface area (Å²) in [5.74, 6) is 0.578. The number of hydrogen-bond donors (Lipinski definition) is 0. The first kappa shape index (κ1) is 9.64. The van der Waals surface area contributed by atoms with Crippen LogP contribution < -0.4 is 4.74 Å². The summed E-state index contributed by atoms with van der Waals surface area (Å²) in [6, 6.07) is 4.47. The summed E-state index contributed by atoms with van der Waals surface area (Å²) in [4.78, 5) is 3.98. The van der Waals surface area contributed by atoms with Gasteiger partial charge >= 0.3 is 0 Å². The van der Waals surface area contributed by atoms with Crippen LogP contribution in [0.4, 0.5) is 4.39 Å². The molecule has 1 aromatic carbocycles. The van der Waals surface area contributed by atoms with Crippen LogP contribution >= 0.6 is 0 Å². The third-order valence-electron chi connectivity index (χ3n) is 2.01. The minimum Gasteiger partial charge on any atom is -0.497 e. The minimum absolute atomic E-state index is 0.343. The molecule has 0 aliphatic carbocycles. The lowest BCUT2D eigenvalue weighted by molar-refractivity contribution is 0.414. The molecule has 78 valence electrons. The van der Waals surface area contributed by atoms with E-state index in [4.69, 9.17) is 4.74 Å². The van der Waals surface area contributed by atoms with Crippen molar-refractivity contribution in [2.24, 2.45) is 7.05 Å². The van der Waals surface area contributed by atoms with E-state index in [1.54, 1.807) is 19.2 Å². The molecule has 0 amide bonds. The molecule has 2 aromatic rings. The van der Waals surface area contributed by atoms with Gasteiger partial charge in [0, 0.05) is 7.05 Å². The fraction of sp³-hybridized carbons (Fsp3) is 0.200. The van der Waals surface area contributed by atoms with Crippen LogP contribution in [-0.4, -0.2) is 21.9 Å². The van der Waals surface area contributed by atoms with Crippen molar-refractivity contribution < 1.29 is 9.13 Å². The zero-order valence-corrected chi connectivity index (χ0v) is 8.44. The maximum atomic E-state index is 13.5. The van der Waals surface area contributed by atoms with E-state index in [-0.39, 0.29) is 5.82 Å². The van der Waals surface area contributed by atoms with E-state index in [1.807, 2.05) is 0 Å². The summed E-state index contributed by atoms with van der Waals surface area (Å²) in [6.07, 6.45) is 1.52. The molecule has 4 nitrogen and oxygen atoms in total. The number of hydrogen-bond acceptors (Lipinski definition) is 3. The highest BCUT2D eigenvalue weighted by molar-refractivity contribution is 5.57. The second-order valence-corrected chi connectivity index (χ2v) is 3.09. The van der Waals surface area contributed by atoms with Crippen molar-refractivity contribution in [3.05, 3.63) is 30.3 Å². The number of nitrogens with zero attached hydrogens (tertiary/aromatic N) is 3. The number of benzene rings is 1. The van der Waals surface area contributed by atoms with Gasteiger partial charge < -0.3 is 4.74 Å². The Morgan fingerprint density at radius 3 is 2.80 bits per heavy atom. The monoisotopic (exact) mass is 207 g/mol. The molecule has 0 saturated carbocycles. The Hall–Kier alpha value is -1.91. The van der Waals surface area contributed by atoms with Crippen LogP contribution in [0.25, 0.3) is 11.4 Å². The molecule has 5 heteroatoms. The van der Waals surface area contributed by atoms with Gasteiger partial charge in [0.2, 0.25) is 0 Å². The summed E-state index contributed by atoms with van der Waals surface area (Å²) in [6.45, 7) is 0. The van der Waals surface area contributed by atoms with Crippen LogP contribution in [0, 0.1) is 5.82 Å². The molecule has 15 heavy (non-hydrogen) atoms. The van der Waals surface area contributed by atoms with Gasteiger partial charge in [-0.25, -0.2) is 9.37 Å². The van der Waals surface area contributed by atoms with Gasteiger partial charge in [-0.15, -0.1) is 0 Å². The lowest BCUT2D eigenvalue weighted by atomic mass is 10.2. The number of halogens is 1. The molecule has 0 N–H and O–H groups in total. The van der Waals surface area contributed by atoms with Crippen LogP contribution in [0.5, 0.6) is 5.75 Å². The minimum atomic E-state index is -0.359. The maximum Gasteiger partial charge on any atom is 0.184 e. The summed E-state index contributed by atoms with van der Waals surface area (Å²) < 4.78 is 20.0. The van der Waals surface area contributed by atoms with E-state index in [1.165, 1.54) is 24.2 Å². The first-order valence-electron chi connectivity index (χ1n) is 4.40. The van der Waals surface area contributed by atoms with Gasteiger partial charge in [0.05, 0.1) is 12.7 Å². The highest BCUT2D eigenvalue weighted by atomic mass is 19.1. The molecular formula is C10H10FN3O. The standard InChI is InChI=1S/C10H10FN3O/c1-14-6-12-10(13-14)8-5-7(15-2)3-4-9(8)11/h3-6H,1-2H3. The number of methoxy groups -OCH3 is 1. The van der Waals surface area contributed by atoms with Gasteiger partial charge in [-0.2, -0.15) is 5.10 Å². The molecule has 0 unspecified atom stereocenters. The van der Waals surface area contributed by atoms with Gasteiger partial charge in [0.15, 0.2) is 5.82 Å². The molecule has 1 heterocycles. The van der Waals surface area contributed by atoms with E-state index < -0.39 is 0 Å². The van der Waals surface area contributed by atoms with Crippen LogP contribution in [-0.2, 0) is 7.05 Å². The van der Waals surface area contributed by atoms with Gasteiger partial charge in [-0.05, 0) is 18.2 Å². The summed E-state index contributed by atoms with van der Waals surface area (Å²) in [7, 11) is 3.26. The summed E-state index contributed by atoms with van der Waals surface area (Å²) in [5.41, 5.74) is 0.343. The van der Waals surface area contributed by atoms with Gasteiger partial charge in [-0.3, -0.25) is 4.68 Å². The molecule has 1 aromatic heterocycles. The molecule has 0 bridgehead atoms. The Morgan fingerprint density at radius 1 is 1.40 bits per heavy atom. The van der Waals surface area contributed by atoms with E-state index in [0.717, 1.165) is 0 Å². The summed E-state index contributed by atoms with van der Waals surface area (Å²) in [5, 5.41) is 4.03. The zero-order chi connectivity index (χ0) is 10.8. The molecule has 0 fully saturated rings. The van der Waals surface area contributed by atoms with Crippen molar-refractivity contribution >= 4 is 0 Å². The van der Waals surface area contributed by atoms with Crippen LogP contribution in [0.15, 0.2) is 24.5 Å². The fourth-order valence-electron chi connectivity index (χ4n) is 1.27. The fourth-order valence-corrected chi connectivity index (χ4v) is 1.27. The van der Waals surface area contributed by atoms with Gasteiger partial charge in [0.1, 0.15) is 17.9 Å². The SMILES string of the molecule is COc1ccc(F)c(-c2ncn(C)n2)c1. The van der Waals surface area contributed by atoms with Crippen molar-refractivity contribution in [2.75, 3.05) is 7.11 Å². The summed E-state index contributed by atoms with van der Waals surface area (Å²) >= 11 is 0. The zero-order valence-electron chi connectivity index (χ0n) is 8.44. The predicted molar refractivity (Wildman–Crippen MR) is 52.9 cm³/mol. The van der Waals surface area contributed by atoms with Crippen molar-refractivity contribution in [3.8, 4) is 17.1 Å². The Labute approximate surface area is 86.3 Å². The van der Waals surface area contributed by atoms with Crippen molar-refractivity contribution in [3.63, 3.8) is 0 Å². The van der Waals surface area contributed by atoms with Crippen molar-refractivity contribution in [1.29, 1.82) is 0 Å². The third kappa shape index (κ3) is 1.81. The number of rotatable bonds is 2. The maximum absolute atomic E-state index is 13.5. The normalized spacial score (nSPS) is 10.3. The van der Waals surface area contributed by atoms with Crippen LogP contribution in [0.3, 0.4) is 0 Å². The smallest absolute Gasteiger partial charge is 0.184 e. The van der Waals surface area contributed by atoms with E-state index in [0.29, 0.717) is 17.1 Å². The van der Waals surface area contributed by atoms with E-state index in [2.05, 4.69) is 10.1 Å². The van der Waals surface area contributed by atoms with E-state index in [9.17, 15) is 4.39 Å². The van der Waals surface area contributed by atoms with Crippen LogP contribution in [0.1, 0.15) is 0 Å². The highest BCUT2D eigenvalue weighted by Crippen LogP contribution is 2.23. The average molecular weight is 207 g/mol. The first-order valence-corrected chi connectivity index (χ1v) is 4.40. The molecule has 0 spiro atoms. The number of aromatic nitrogens is 3. The lowest BCUT2D eigenvalue weighted by Crippen LogP contribution is -1.92. The largest absolute Gasteiger partial charge is 0.497 e. The molecule has 0 aliphatic heterocycles. The Kier molecular flexibility index (Phi) is 2.37. The molecule has 0 aliphatic rings. The molecule has 0 radical (unpaired) electrons. The number of ether oxygens (including phenoxy) is 1. The second-order valence-electron chi connectivity index (χ2n) is 3.09.